The fourth-order valence-electron chi connectivity index (χ4n) is 4.04. The zero-order valence-electron chi connectivity index (χ0n) is 15.8. The summed E-state index contributed by atoms with van der Waals surface area (Å²) < 4.78 is 0. The molecule has 0 radical (unpaired) electrons. The Hall–Kier alpha value is -3.47. The van der Waals surface area contributed by atoms with Gasteiger partial charge in [0.1, 0.15) is 12.1 Å². The number of pyridine rings is 1. The molecule has 0 spiro atoms. The van der Waals surface area contributed by atoms with E-state index in [0.29, 0.717) is 0 Å². The number of aryl methyl sites for hydroxylation is 1. The van der Waals surface area contributed by atoms with Gasteiger partial charge < -0.3 is 10.6 Å². The van der Waals surface area contributed by atoms with Crippen molar-refractivity contribution in [3.05, 3.63) is 77.9 Å². The Morgan fingerprint density at radius 2 is 1.93 bits per heavy atom. The summed E-state index contributed by atoms with van der Waals surface area (Å²) in [6, 6.07) is 14.6. The lowest BCUT2D eigenvalue weighted by atomic mass is 9.98. The molecule has 28 heavy (non-hydrogen) atoms. The maximum Gasteiger partial charge on any atom is 0.140 e. The lowest BCUT2D eigenvalue weighted by Crippen LogP contribution is -2.31. The minimum Gasteiger partial charge on any atom is -0.399 e. The van der Waals surface area contributed by atoms with Crippen LogP contribution in [-0.2, 0) is 13.0 Å². The summed E-state index contributed by atoms with van der Waals surface area (Å²) in [4.78, 5) is 15.8. The minimum absolute atomic E-state index is 0.808. The van der Waals surface area contributed by atoms with Gasteiger partial charge in [-0.15, -0.1) is 0 Å². The first-order chi connectivity index (χ1) is 13.7. The maximum absolute atomic E-state index is 6.01. The van der Waals surface area contributed by atoms with Gasteiger partial charge in [-0.2, -0.15) is 0 Å². The number of nitrogens with zero attached hydrogens (tertiary/aromatic N) is 4. The summed E-state index contributed by atoms with van der Waals surface area (Å²) in [6.07, 6.45) is 6.35. The molecule has 0 fully saturated rings. The van der Waals surface area contributed by atoms with Crippen molar-refractivity contribution in [2.75, 3.05) is 17.2 Å². The Morgan fingerprint density at radius 3 is 2.79 bits per heavy atom. The molecule has 1 aliphatic rings. The fourth-order valence-corrected chi connectivity index (χ4v) is 4.04. The van der Waals surface area contributed by atoms with Crippen LogP contribution in [0.1, 0.15) is 16.7 Å². The van der Waals surface area contributed by atoms with E-state index in [2.05, 4.69) is 57.1 Å². The Balaban J connectivity index is 1.63. The Kier molecular flexibility index (Phi) is 3.93. The molecule has 5 heteroatoms. The molecule has 3 heterocycles. The van der Waals surface area contributed by atoms with Gasteiger partial charge in [-0.1, -0.05) is 12.1 Å². The molecular formula is C23H21N5. The highest BCUT2D eigenvalue weighted by atomic mass is 15.2. The van der Waals surface area contributed by atoms with Crippen LogP contribution >= 0.6 is 0 Å². The SMILES string of the molecule is Cc1cc(-c2cccnc2)cc2c(N3CCc4ccc(N)cc4C3)ncnc12. The van der Waals surface area contributed by atoms with Crippen LogP contribution in [0.2, 0.25) is 0 Å². The summed E-state index contributed by atoms with van der Waals surface area (Å²) in [5.41, 5.74) is 13.8. The molecule has 2 aromatic carbocycles. The van der Waals surface area contributed by atoms with Crippen molar-refractivity contribution in [2.24, 2.45) is 0 Å². The first kappa shape index (κ1) is 16.7. The molecule has 0 saturated carbocycles. The lowest BCUT2D eigenvalue weighted by molar-refractivity contribution is 0.723. The van der Waals surface area contributed by atoms with Crippen molar-refractivity contribution in [3.8, 4) is 11.1 Å². The summed E-state index contributed by atoms with van der Waals surface area (Å²) in [5, 5.41) is 1.08. The highest BCUT2D eigenvalue weighted by Crippen LogP contribution is 2.33. The van der Waals surface area contributed by atoms with Gasteiger partial charge in [-0.3, -0.25) is 4.98 Å². The molecule has 5 rings (SSSR count). The number of hydrogen-bond acceptors (Lipinski definition) is 5. The van der Waals surface area contributed by atoms with Gasteiger partial charge in [0.15, 0.2) is 0 Å². The van der Waals surface area contributed by atoms with Crippen LogP contribution in [0.3, 0.4) is 0 Å². The van der Waals surface area contributed by atoms with Crippen molar-refractivity contribution >= 4 is 22.4 Å². The molecule has 0 unspecified atom stereocenters. The molecule has 5 nitrogen and oxygen atoms in total. The van der Waals surface area contributed by atoms with E-state index in [9.17, 15) is 0 Å². The normalized spacial score (nSPS) is 13.5. The molecule has 0 amide bonds. The maximum atomic E-state index is 6.01. The highest BCUT2D eigenvalue weighted by molar-refractivity contribution is 5.95. The molecule has 1 aliphatic heterocycles. The van der Waals surface area contributed by atoms with E-state index in [-0.39, 0.29) is 0 Å². The Labute approximate surface area is 163 Å². The summed E-state index contributed by atoms with van der Waals surface area (Å²) in [6.45, 7) is 3.84. The first-order valence-corrected chi connectivity index (χ1v) is 9.47. The predicted molar refractivity (Wildman–Crippen MR) is 113 cm³/mol. The van der Waals surface area contributed by atoms with Crippen LogP contribution in [0, 0.1) is 6.92 Å². The van der Waals surface area contributed by atoms with Gasteiger partial charge in [0.25, 0.3) is 0 Å². The van der Waals surface area contributed by atoms with Crippen LogP contribution in [0.25, 0.3) is 22.0 Å². The van der Waals surface area contributed by atoms with Crippen LogP contribution < -0.4 is 10.6 Å². The van der Waals surface area contributed by atoms with E-state index in [4.69, 9.17) is 5.73 Å². The largest absolute Gasteiger partial charge is 0.399 e. The number of hydrogen-bond donors (Lipinski definition) is 1. The van der Waals surface area contributed by atoms with Crippen molar-refractivity contribution < 1.29 is 0 Å². The fraction of sp³-hybridized carbons (Fsp3) is 0.174. The topological polar surface area (TPSA) is 67.9 Å². The van der Waals surface area contributed by atoms with Gasteiger partial charge in [0.05, 0.1) is 5.52 Å². The van der Waals surface area contributed by atoms with E-state index in [0.717, 1.165) is 58.6 Å². The zero-order valence-corrected chi connectivity index (χ0v) is 15.8. The van der Waals surface area contributed by atoms with Gasteiger partial charge >= 0.3 is 0 Å². The number of aromatic nitrogens is 3. The number of nitrogen functional groups attached to an aromatic ring is 1. The zero-order chi connectivity index (χ0) is 19.1. The van der Waals surface area contributed by atoms with Crippen LogP contribution in [0.5, 0.6) is 0 Å². The third-order valence-electron chi connectivity index (χ3n) is 5.45. The Bertz CT molecular complexity index is 1170. The molecule has 0 aliphatic carbocycles. The summed E-state index contributed by atoms with van der Waals surface area (Å²) >= 11 is 0. The number of rotatable bonds is 2. The van der Waals surface area contributed by atoms with Crippen molar-refractivity contribution in [3.63, 3.8) is 0 Å². The summed E-state index contributed by atoms with van der Waals surface area (Å²) in [5.74, 6) is 0.979. The van der Waals surface area contributed by atoms with Crippen molar-refractivity contribution in [1.82, 2.24) is 15.0 Å². The molecule has 0 saturated heterocycles. The monoisotopic (exact) mass is 367 g/mol. The molecule has 2 aromatic heterocycles. The summed E-state index contributed by atoms with van der Waals surface area (Å²) in [7, 11) is 0. The number of nitrogens with two attached hydrogens (primary N) is 1. The van der Waals surface area contributed by atoms with Gasteiger partial charge in [-0.25, -0.2) is 9.97 Å². The number of benzene rings is 2. The smallest absolute Gasteiger partial charge is 0.140 e. The van der Waals surface area contributed by atoms with E-state index < -0.39 is 0 Å². The van der Waals surface area contributed by atoms with E-state index in [1.54, 1.807) is 12.5 Å². The van der Waals surface area contributed by atoms with E-state index >= 15 is 0 Å². The van der Waals surface area contributed by atoms with Crippen LogP contribution in [-0.4, -0.2) is 21.5 Å². The molecule has 0 bridgehead atoms. The third-order valence-corrected chi connectivity index (χ3v) is 5.45. The van der Waals surface area contributed by atoms with E-state index in [1.807, 2.05) is 18.3 Å². The van der Waals surface area contributed by atoms with Crippen molar-refractivity contribution in [1.29, 1.82) is 0 Å². The quantitative estimate of drug-likeness (QED) is 0.539. The second-order valence-electron chi connectivity index (χ2n) is 7.33. The van der Waals surface area contributed by atoms with Crippen LogP contribution in [0.4, 0.5) is 11.5 Å². The molecule has 2 N–H and O–H groups in total. The second kappa shape index (κ2) is 6.60. The van der Waals surface area contributed by atoms with Crippen LogP contribution in [0.15, 0.2) is 61.2 Å². The predicted octanol–water partition coefficient (Wildman–Crippen LogP) is 4.15. The number of anilines is 2. The Morgan fingerprint density at radius 1 is 1.00 bits per heavy atom. The molecule has 138 valence electrons. The molecule has 4 aromatic rings. The average molecular weight is 367 g/mol. The lowest BCUT2D eigenvalue weighted by Gasteiger charge is -2.30. The van der Waals surface area contributed by atoms with Gasteiger partial charge in [-0.05, 0) is 65.9 Å². The molecular weight excluding hydrogens is 346 g/mol. The standard InChI is InChI=1S/C23H21N5/c1-15-9-18(17-3-2-7-25-12-17)11-21-22(15)26-14-27-23(21)28-8-6-16-4-5-20(24)10-19(16)13-28/h2-5,7,9-12,14H,6,8,13,24H2,1H3. The first-order valence-electron chi connectivity index (χ1n) is 9.47. The number of fused-ring (bicyclic) bond motifs is 2. The van der Waals surface area contributed by atoms with Gasteiger partial charge in [0.2, 0.25) is 0 Å². The second-order valence-corrected chi connectivity index (χ2v) is 7.33. The van der Waals surface area contributed by atoms with Crippen molar-refractivity contribution in [2.45, 2.75) is 19.9 Å². The molecule has 0 atom stereocenters. The highest BCUT2D eigenvalue weighted by Gasteiger charge is 2.20. The third kappa shape index (κ3) is 2.85. The average Bonchev–Trinajstić information content (AvgIpc) is 2.73. The van der Waals surface area contributed by atoms with E-state index in [1.165, 1.54) is 11.1 Å². The minimum atomic E-state index is 0.808. The van der Waals surface area contributed by atoms with Gasteiger partial charge in [0, 0.05) is 42.1 Å².